The van der Waals surface area contributed by atoms with Crippen molar-refractivity contribution >= 4 is 0 Å². The number of rotatable bonds is 5. The van der Waals surface area contributed by atoms with Gasteiger partial charge in [0.05, 0.1) is 14.2 Å². The van der Waals surface area contributed by atoms with E-state index in [-0.39, 0.29) is 6.04 Å². The summed E-state index contributed by atoms with van der Waals surface area (Å²) >= 11 is 0. The van der Waals surface area contributed by atoms with Crippen molar-refractivity contribution in [3.63, 3.8) is 0 Å². The van der Waals surface area contributed by atoms with Gasteiger partial charge >= 0.3 is 0 Å². The predicted molar refractivity (Wildman–Crippen MR) is 85.0 cm³/mol. The maximum Gasteiger partial charge on any atom is 0.161 e. The summed E-state index contributed by atoms with van der Waals surface area (Å²) in [6.45, 7) is 6.36. The zero-order valence-electron chi connectivity index (χ0n) is 13.5. The highest BCUT2D eigenvalue weighted by molar-refractivity contribution is 5.43. The summed E-state index contributed by atoms with van der Waals surface area (Å²) in [5.41, 5.74) is 7.45. The molecule has 0 aromatic heterocycles. The van der Waals surface area contributed by atoms with Crippen LogP contribution < -0.4 is 15.2 Å². The van der Waals surface area contributed by atoms with Gasteiger partial charge in [-0.3, -0.25) is 4.90 Å². The molecule has 1 aromatic rings. The van der Waals surface area contributed by atoms with E-state index in [4.69, 9.17) is 15.2 Å². The van der Waals surface area contributed by atoms with Crippen molar-refractivity contribution in [1.82, 2.24) is 9.80 Å². The molecule has 1 aliphatic heterocycles. The number of benzene rings is 1. The van der Waals surface area contributed by atoms with Crippen molar-refractivity contribution in [2.75, 3.05) is 47.4 Å². The van der Waals surface area contributed by atoms with Gasteiger partial charge in [-0.25, -0.2) is 0 Å². The van der Waals surface area contributed by atoms with Gasteiger partial charge in [0, 0.05) is 38.3 Å². The molecule has 2 rings (SSSR count). The first kappa shape index (κ1) is 16.1. The van der Waals surface area contributed by atoms with Crippen LogP contribution in [0.1, 0.15) is 18.5 Å². The summed E-state index contributed by atoms with van der Waals surface area (Å²) in [4.78, 5) is 4.82. The molecular weight excluding hydrogens is 266 g/mol. The Bertz CT molecular complexity index is 467. The van der Waals surface area contributed by atoms with Gasteiger partial charge < -0.3 is 20.1 Å². The fourth-order valence-corrected chi connectivity index (χ4v) is 2.76. The van der Waals surface area contributed by atoms with Crippen molar-refractivity contribution < 1.29 is 9.47 Å². The normalized spacial score (nSPS) is 22.0. The summed E-state index contributed by atoms with van der Waals surface area (Å²) in [6, 6.07) is 6.48. The van der Waals surface area contributed by atoms with E-state index in [2.05, 4.69) is 23.8 Å². The fourth-order valence-electron chi connectivity index (χ4n) is 2.76. The standard InChI is InChI=1S/C16H27N3O2/c1-12-10-19(8-7-18(12)2)11-14(17)13-5-6-15(20-3)16(9-13)21-4/h5-6,9,12,14H,7-8,10-11,17H2,1-4H3. The fraction of sp³-hybridized carbons (Fsp3) is 0.625. The molecule has 0 spiro atoms. The number of piperazine rings is 1. The van der Waals surface area contributed by atoms with Gasteiger partial charge in [0.2, 0.25) is 0 Å². The molecule has 5 nitrogen and oxygen atoms in total. The van der Waals surface area contributed by atoms with Gasteiger partial charge in [-0.05, 0) is 31.7 Å². The molecule has 1 heterocycles. The number of hydrogen-bond acceptors (Lipinski definition) is 5. The van der Waals surface area contributed by atoms with Crippen LogP contribution in [-0.2, 0) is 0 Å². The summed E-state index contributed by atoms with van der Waals surface area (Å²) < 4.78 is 10.6. The Morgan fingerprint density at radius 1 is 1.24 bits per heavy atom. The highest BCUT2D eigenvalue weighted by Gasteiger charge is 2.22. The molecule has 0 bridgehead atoms. The average molecular weight is 293 g/mol. The quantitative estimate of drug-likeness (QED) is 0.888. The second kappa shape index (κ2) is 7.11. The Morgan fingerprint density at radius 3 is 2.57 bits per heavy atom. The SMILES string of the molecule is COc1ccc(C(N)CN2CCN(C)C(C)C2)cc1OC. The van der Waals surface area contributed by atoms with Crippen LogP contribution in [0.25, 0.3) is 0 Å². The average Bonchev–Trinajstić information content (AvgIpc) is 2.50. The van der Waals surface area contributed by atoms with E-state index in [1.807, 2.05) is 18.2 Å². The number of nitrogens with zero attached hydrogens (tertiary/aromatic N) is 2. The Balaban J connectivity index is 2.01. The van der Waals surface area contributed by atoms with Crippen LogP contribution in [0.15, 0.2) is 18.2 Å². The van der Waals surface area contributed by atoms with Crippen LogP contribution >= 0.6 is 0 Å². The van der Waals surface area contributed by atoms with Gasteiger partial charge in [0.25, 0.3) is 0 Å². The lowest BCUT2D eigenvalue weighted by molar-refractivity contribution is 0.100. The lowest BCUT2D eigenvalue weighted by Gasteiger charge is -2.38. The first-order valence-corrected chi connectivity index (χ1v) is 7.45. The topological polar surface area (TPSA) is 51.0 Å². The minimum atomic E-state index is -0.0135. The summed E-state index contributed by atoms with van der Waals surface area (Å²) in [7, 11) is 5.47. The van der Waals surface area contributed by atoms with Crippen molar-refractivity contribution in [3.05, 3.63) is 23.8 Å². The van der Waals surface area contributed by atoms with E-state index in [0.717, 1.165) is 43.2 Å². The molecule has 0 radical (unpaired) electrons. The molecule has 1 fully saturated rings. The van der Waals surface area contributed by atoms with E-state index < -0.39 is 0 Å². The highest BCUT2D eigenvalue weighted by Crippen LogP contribution is 2.29. The van der Waals surface area contributed by atoms with Crippen molar-refractivity contribution in [3.8, 4) is 11.5 Å². The molecule has 0 aliphatic carbocycles. The van der Waals surface area contributed by atoms with Gasteiger partial charge in [0.15, 0.2) is 11.5 Å². The number of hydrogen-bond donors (Lipinski definition) is 1. The molecule has 21 heavy (non-hydrogen) atoms. The molecule has 0 amide bonds. The van der Waals surface area contributed by atoms with Crippen LogP contribution in [0.4, 0.5) is 0 Å². The summed E-state index contributed by atoms with van der Waals surface area (Å²) in [5.74, 6) is 1.47. The molecule has 1 aliphatic rings. The van der Waals surface area contributed by atoms with Crippen molar-refractivity contribution in [2.45, 2.75) is 19.0 Å². The second-order valence-corrected chi connectivity index (χ2v) is 5.81. The number of methoxy groups -OCH3 is 2. The highest BCUT2D eigenvalue weighted by atomic mass is 16.5. The number of ether oxygens (including phenoxy) is 2. The van der Waals surface area contributed by atoms with Crippen LogP contribution in [-0.4, -0.2) is 63.3 Å². The molecular formula is C16H27N3O2. The third kappa shape index (κ3) is 3.87. The zero-order valence-corrected chi connectivity index (χ0v) is 13.5. The molecule has 0 saturated carbocycles. The van der Waals surface area contributed by atoms with Gasteiger partial charge in [-0.2, -0.15) is 0 Å². The maximum absolute atomic E-state index is 6.37. The molecule has 2 atom stereocenters. The van der Waals surface area contributed by atoms with Crippen molar-refractivity contribution in [1.29, 1.82) is 0 Å². The summed E-state index contributed by atoms with van der Waals surface area (Å²) in [5, 5.41) is 0. The smallest absolute Gasteiger partial charge is 0.161 e. The monoisotopic (exact) mass is 293 g/mol. The van der Waals surface area contributed by atoms with E-state index in [1.54, 1.807) is 14.2 Å². The lowest BCUT2D eigenvalue weighted by atomic mass is 10.1. The van der Waals surface area contributed by atoms with E-state index in [0.29, 0.717) is 6.04 Å². The predicted octanol–water partition coefficient (Wildman–Crippen LogP) is 1.34. The van der Waals surface area contributed by atoms with E-state index in [1.165, 1.54) is 0 Å². The van der Waals surface area contributed by atoms with Crippen molar-refractivity contribution in [2.24, 2.45) is 5.73 Å². The van der Waals surface area contributed by atoms with Gasteiger partial charge in [0.1, 0.15) is 0 Å². The molecule has 118 valence electrons. The maximum atomic E-state index is 6.37. The Hall–Kier alpha value is -1.30. The number of likely N-dealkylation sites (N-methyl/N-ethyl adjacent to an activating group) is 1. The first-order chi connectivity index (χ1) is 10.0. The van der Waals surface area contributed by atoms with E-state index in [9.17, 15) is 0 Å². The minimum absolute atomic E-state index is 0.0135. The van der Waals surface area contributed by atoms with Crippen LogP contribution in [0.3, 0.4) is 0 Å². The first-order valence-electron chi connectivity index (χ1n) is 7.45. The molecule has 2 N–H and O–H groups in total. The Labute approximate surface area is 127 Å². The van der Waals surface area contributed by atoms with Crippen LogP contribution in [0.2, 0.25) is 0 Å². The zero-order chi connectivity index (χ0) is 15.4. The third-order valence-electron chi connectivity index (χ3n) is 4.33. The lowest BCUT2D eigenvalue weighted by Crippen LogP contribution is -2.51. The Kier molecular flexibility index (Phi) is 5.45. The van der Waals surface area contributed by atoms with Crippen LogP contribution in [0, 0.1) is 0 Å². The second-order valence-electron chi connectivity index (χ2n) is 5.81. The van der Waals surface area contributed by atoms with Crippen LogP contribution in [0.5, 0.6) is 11.5 Å². The molecule has 1 aromatic carbocycles. The van der Waals surface area contributed by atoms with Gasteiger partial charge in [-0.15, -0.1) is 0 Å². The van der Waals surface area contributed by atoms with Gasteiger partial charge in [-0.1, -0.05) is 6.07 Å². The molecule has 1 saturated heterocycles. The van der Waals surface area contributed by atoms with E-state index >= 15 is 0 Å². The Morgan fingerprint density at radius 2 is 1.95 bits per heavy atom. The minimum Gasteiger partial charge on any atom is -0.493 e. The molecule has 5 heteroatoms. The number of nitrogens with two attached hydrogens (primary N) is 1. The third-order valence-corrected chi connectivity index (χ3v) is 4.33. The molecule has 2 unspecified atom stereocenters. The largest absolute Gasteiger partial charge is 0.493 e. The summed E-state index contributed by atoms with van der Waals surface area (Å²) in [6.07, 6.45) is 0.